The Morgan fingerprint density at radius 3 is 2.78 bits per heavy atom. The first kappa shape index (κ1) is 18.8. The molecule has 140 valence electrons. The molecule has 8 heteroatoms. The van der Waals surface area contributed by atoms with Crippen LogP contribution in [0.5, 0.6) is 0 Å². The molecule has 0 saturated carbocycles. The predicted molar refractivity (Wildman–Crippen MR) is 106 cm³/mol. The van der Waals surface area contributed by atoms with Crippen LogP contribution >= 0.6 is 11.6 Å². The van der Waals surface area contributed by atoms with Crippen molar-refractivity contribution in [1.29, 1.82) is 0 Å². The van der Waals surface area contributed by atoms with Crippen LogP contribution in [0.1, 0.15) is 29.9 Å². The topological polar surface area (TPSA) is 75.9 Å². The molecular formula is C19H21ClN6O. The molecule has 0 aliphatic heterocycles. The smallest absolute Gasteiger partial charge is 0.276 e. The van der Waals surface area contributed by atoms with Crippen LogP contribution in [0.2, 0.25) is 5.02 Å². The zero-order valence-corrected chi connectivity index (χ0v) is 16.0. The number of anilines is 2. The second-order valence-electron chi connectivity index (χ2n) is 5.90. The average Bonchev–Trinajstić information content (AvgIpc) is 3.17. The summed E-state index contributed by atoms with van der Waals surface area (Å²) < 4.78 is 1.82. The molecule has 2 aromatic heterocycles. The lowest BCUT2D eigenvalue weighted by atomic mass is 10.2. The molecule has 1 N–H and O–H groups in total. The second kappa shape index (κ2) is 8.64. The number of hydrogen-bond donors (Lipinski definition) is 1. The third-order valence-corrected chi connectivity index (χ3v) is 4.36. The summed E-state index contributed by atoms with van der Waals surface area (Å²) in [5.74, 6) is 0.119. The molecule has 1 aromatic carbocycles. The van der Waals surface area contributed by atoms with Gasteiger partial charge in [-0.25, -0.2) is 9.97 Å². The first-order valence-corrected chi connectivity index (χ1v) is 9.13. The first-order chi connectivity index (χ1) is 13.1. The Kier molecular flexibility index (Phi) is 6.03. The van der Waals surface area contributed by atoms with Gasteiger partial charge in [0.1, 0.15) is 0 Å². The first-order valence-electron chi connectivity index (χ1n) is 8.76. The highest BCUT2D eigenvalue weighted by molar-refractivity contribution is 6.34. The van der Waals surface area contributed by atoms with Gasteiger partial charge in [0.2, 0.25) is 5.95 Å². The molecule has 0 unspecified atom stereocenters. The van der Waals surface area contributed by atoms with E-state index < -0.39 is 0 Å². The lowest BCUT2D eigenvalue weighted by molar-refractivity contribution is 0.102. The van der Waals surface area contributed by atoms with E-state index in [4.69, 9.17) is 11.6 Å². The van der Waals surface area contributed by atoms with E-state index >= 15 is 0 Å². The standard InChI is InChI=1S/C19H21ClN6O/c1-3-25(4-2)19-21-12-16(20)17(24-19)18(27)23-15-8-5-7-14(11-15)13-26-10-6-9-22-26/h5-12H,3-4,13H2,1-2H3,(H,23,27). The molecule has 7 nitrogen and oxygen atoms in total. The zero-order chi connectivity index (χ0) is 19.2. The Morgan fingerprint density at radius 1 is 1.26 bits per heavy atom. The van der Waals surface area contributed by atoms with E-state index in [-0.39, 0.29) is 16.6 Å². The van der Waals surface area contributed by atoms with E-state index in [1.54, 1.807) is 6.20 Å². The fourth-order valence-corrected chi connectivity index (χ4v) is 2.87. The Hall–Kier alpha value is -2.93. The number of aromatic nitrogens is 4. The second-order valence-corrected chi connectivity index (χ2v) is 6.30. The Labute approximate surface area is 163 Å². The van der Waals surface area contributed by atoms with Gasteiger partial charge in [-0.15, -0.1) is 0 Å². The van der Waals surface area contributed by atoms with Gasteiger partial charge >= 0.3 is 0 Å². The highest BCUT2D eigenvalue weighted by Gasteiger charge is 2.16. The lowest BCUT2D eigenvalue weighted by Gasteiger charge is -2.19. The van der Waals surface area contributed by atoms with Crippen LogP contribution in [-0.4, -0.2) is 38.7 Å². The average molecular weight is 385 g/mol. The van der Waals surface area contributed by atoms with Crippen molar-refractivity contribution in [2.24, 2.45) is 0 Å². The molecule has 0 spiro atoms. The van der Waals surface area contributed by atoms with Crippen molar-refractivity contribution >= 4 is 29.1 Å². The van der Waals surface area contributed by atoms with Crippen molar-refractivity contribution in [3.8, 4) is 0 Å². The van der Waals surface area contributed by atoms with Crippen LogP contribution in [0.25, 0.3) is 0 Å². The van der Waals surface area contributed by atoms with Crippen molar-refractivity contribution in [3.05, 3.63) is 65.2 Å². The van der Waals surface area contributed by atoms with Gasteiger partial charge in [-0.05, 0) is 37.6 Å². The number of amides is 1. The number of halogens is 1. The molecule has 3 aromatic rings. The van der Waals surface area contributed by atoms with Gasteiger partial charge in [0.25, 0.3) is 5.91 Å². The number of nitrogens with one attached hydrogen (secondary N) is 1. The van der Waals surface area contributed by atoms with Gasteiger partial charge in [0, 0.05) is 31.2 Å². The largest absolute Gasteiger partial charge is 0.341 e. The van der Waals surface area contributed by atoms with E-state index in [0.717, 1.165) is 18.7 Å². The van der Waals surface area contributed by atoms with E-state index in [9.17, 15) is 4.79 Å². The summed E-state index contributed by atoms with van der Waals surface area (Å²) in [6, 6.07) is 9.46. The van der Waals surface area contributed by atoms with E-state index in [0.29, 0.717) is 18.2 Å². The van der Waals surface area contributed by atoms with Gasteiger partial charge in [-0.1, -0.05) is 23.7 Å². The van der Waals surface area contributed by atoms with Crippen LogP contribution in [-0.2, 0) is 6.54 Å². The Bertz CT molecular complexity index is 908. The third kappa shape index (κ3) is 4.62. The molecule has 0 atom stereocenters. The quantitative estimate of drug-likeness (QED) is 0.675. The molecule has 27 heavy (non-hydrogen) atoms. The summed E-state index contributed by atoms with van der Waals surface area (Å²) in [5, 5.41) is 7.27. The van der Waals surface area contributed by atoms with Crippen LogP contribution in [0.15, 0.2) is 48.9 Å². The number of rotatable bonds is 7. The summed E-state index contributed by atoms with van der Waals surface area (Å²) in [6.07, 6.45) is 5.09. The third-order valence-electron chi connectivity index (χ3n) is 4.08. The molecule has 1 amide bonds. The molecule has 0 bridgehead atoms. The van der Waals surface area contributed by atoms with Crippen molar-refractivity contribution in [1.82, 2.24) is 19.7 Å². The Balaban J connectivity index is 1.78. The monoisotopic (exact) mass is 384 g/mol. The summed E-state index contributed by atoms with van der Waals surface area (Å²) in [5.41, 5.74) is 1.85. The summed E-state index contributed by atoms with van der Waals surface area (Å²) >= 11 is 6.16. The lowest BCUT2D eigenvalue weighted by Crippen LogP contribution is -2.25. The molecule has 3 rings (SSSR count). The predicted octanol–water partition coefficient (Wildman–Crippen LogP) is 3.47. The summed E-state index contributed by atoms with van der Waals surface area (Å²) in [6.45, 7) is 6.12. The molecule has 0 saturated heterocycles. The van der Waals surface area contributed by atoms with Gasteiger partial charge in [0.15, 0.2) is 5.69 Å². The normalized spacial score (nSPS) is 10.6. The highest BCUT2D eigenvalue weighted by atomic mass is 35.5. The van der Waals surface area contributed by atoms with Gasteiger partial charge in [0.05, 0.1) is 17.8 Å². The van der Waals surface area contributed by atoms with E-state index in [1.165, 1.54) is 6.20 Å². The van der Waals surface area contributed by atoms with E-state index in [1.807, 2.05) is 60.0 Å². The van der Waals surface area contributed by atoms with Gasteiger partial charge < -0.3 is 10.2 Å². The van der Waals surface area contributed by atoms with Crippen molar-refractivity contribution in [3.63, 3.8) is 0 Å². The van der Waals surface area contributed by atoms with Crippen LogP contribution in [0.3, 0.4) is 0 Å². The van der Waals surface area contributed by atoms with Gasteiger partial charge in [-0.2, -0.15) is 5.10 Å². The van der Waals surface area contributed by atoms with Crippen molar-refractivity contribution in [2.45, 2.75) is 20.4 Å². The maximum Gasteiger partial charge on any atom is 0.276 e. The zero-order valence-electron chi connectivity index (χ0n) is 15.3. The van der Waals surface area contributed by atoms with Crippen molar-refractivity contribution in [2.75, 3.05) is 23.3 Å². The maximum absolute atomic E-state index is 12.7. The maximum atomic E-state index is 12.7. The number of nitrogens with zero attached hydrogens (tertiary/aromatic N) is 5. The number of benzene rings is 1. The molecule has 0 fully saturated rings. The van der Waals surface area contributed by atoms with Crippen molar-refractivity contribution < 1.29 is 4.79 Å². The minimum atomic E-state index is -0.368. The molecule has 0 aliphatic carbocycles. The SMILES string of the molecule is CCN(CC)c1ncc(Cl)c(C(=O)Nc2cccc(Cn3cccn3)c2)n1. The van der Waals surface area contributed by atoms with Gasteiger partial charge in [-0.3, -0.25) is 9.48 Å². The summed E-state index contributed by atoms with van der Waals surface area (Å²) in [4.78, 5) is 23.2. The van der Waals surface area contributed by atoms with Crippen LogP contribution < -0.4 is 10.2 Å². The summed E-state index contributed by atoms with van der Waals surface area (Å²) in [7, 11) is 0. The molecule has 0 radical (unpaired) electrons. The number of hydrogen-bond acceptors (Lipinski definition) is 5. The molecule has 2 heterocycles. The fraction of sp³-hybridized carbons (Fsp3) is 0.263. The molecule has 0 aliphatic rings. The van der Waals surface area contributed by atoms with Crippen LogP contribution in [0, 0.1) is 0 Å². The van der Waals surface area contributed by atoms with E-state index in [2.05, 4.69) is 20.4 Å². The highest BCUT2D eigenvalue weighted by Crippen LogP contribution is 2.19. The number of carbonyl (C=O) groups excluding carboxylic acids is 1. The fourth-order valence-electron chi connectivity index (χ4n) is 2.69. The molecular weight excluding hydrogens is 364 g/mol. The number of carbonyl (C=O) groups is 1. The minimum Gasteiger partial charge on any atom is -0.341 e. The van der Waals surface area contributed by atoms with Crippen LogP contribution in [0.4, 0.5) is 11.6 Å². The Morgan fingerprint density at radius 2 is 2.07 bits per heavy atom. The minimum absolute atomic E-state index is 0.158.